The fourth-order valence-corrected chi connectivity index (χ4v) is 2.45. The van der Waals surface area contributed by atoms with Crippen LogP contribution >= 0.6 is 23.2 Å². The van der Waals surface area contributed by atoms with Crippen LogP contribution in [-0.2, 0) is 13.2 Å². The molecule has 1 aliphatic rings. The fourth-order valence-electron chi connectivity index (χ4n) is 2.06. The van der Waals surface area contributed by atoms with E-state index >= 15 is 0 Å². The van der Waals surface area contributed by atoms with Crippen LogP contribution < -0.4 is 10.1 Å². The Kier molecular flexibility index (Phi) is 4.69. The van der Waals surface area contributed by atoms with E-state index in [0.717, 1.165) is 17.1 Å². The van der Waals surface area contributed by atoms with Gasteiger partial charge in [-0.3, -0.25) is 0 Å². The molecule has 110 valence electrons. The molecule has 0 bridgehead atoms. The molecule has 2 nitrogen and oxygen atoms in total. The van der Waals surface area contributed by atoms with Crippen molar-refractivity contribution in [2.24, 2.45) is 0 Å². The van der Waals surface area contributed by atoms with Crippen molar-refractivity contribution in [3.8, 4) is 5.75 Å². The predicted molar refractivity (Wildman–Crippen MR) is 87.1 cm³/mol. The fraction of sp³-hybridized carbons (Fsp3) is 0.294. The smallest absolute Gasteiger partial charge is 0.138 e. The molecule has 2 aromatic rings. The Morgan fingerprint density at radius 1 is 1.00 bits per heavy atom. The van der Waals surface area contributed by atoms with Crippen LogP contribution in [0.2, 0.25) is 10.0 Å². The van der Waals surface area contributed by atoms with E-state index in [1.807, 2.05) is 36.4 Å². The van der Waals surface area contributed by atoms with Gasteiger partial charge in [0, 0.05) is 17.6 Å². The Morgan fingerprint density at radius 3 is 2.38 bits per heavy atom. The lowest BCUT2D eigenvalue weighted by Gasteiger charge is -2.10. The highest BCUT2D eigenvalue weighted by Gasteiger charge is 2.20. The topological polar surface area (TPSA) is 21.3 Å². The van der Waals surface area contributed by atoms with E-state index in [1.165, 1.54) is 18.4 Å². The van der Waals surface area contributed by atoms with Gasteiger partial charge in [0.15, 0.2) is 0 Å². The molecular formula is C17H17Cl2NO. The average molecular weight is 322 g/mol. The number of nitrogens with one attached hydrogen (secondary N) is 1. The Morgan fingerprint density at radius 2 is 1.71 bits per heavy atom. The largest absolute Gasteiger partial charge is 0.487 e. The van der Waals surface area contributed by atoms with Gasteiger partial charge >= 0.3 is 0 Å². The van der Waals surface area contributed by atoms with Crippen molar-refractivity contribution in [2.75, 3.05) is 0 Å². The van der Waals surface area contributed by atoms with Gasteiger partial charge in [0.2, 0.25) is 0 Å². The second-order valence-electron chi connectivity index (χ2n) is 5.34. The van der Waals surface area contributed by atoms with Crippen molar-refractivity contribution in [3.63, 3.8) is 0 Å². The minimum Gasteiger partial charge on any atom is -0.487 e. The number of rotatable bonds is 6. The third kappa shape index (κ3) is 4.37. The van der Waals surface area contributed by atoms with Crippen LogP contribution in [0.5, 0.6) is 5.75 Å². The van der Waals surface area contributed by atoms with Gasteiger partial charge in [-0.2, -0.15) is 0 Å². The zero-order valence-corrected chi connectivity index (χ0v) is 13.1. The summed E-state index contributed by atoms with van der Waals surface area (Å²) in [4.78, 5) is 0. The minimum absolute atomic E-state index is 0.483. The van der Waals surface area contributed by atoms with Gasteiger partial charge in [-0.25, -0.2) is 0 Å². The summed E-state index contributed by atoms with van der Waals surface area (Å²) in [5.41, 5.74) is 2.25. The molecule has 0 radical (unpaired) electrons. The molecular weight excluding hydrogens is 305 g/mol. The summed E-state index contributed by atoms with van der Waals surface area (Å²) in [7, 11) is 0. The van der Waals surface area contributed by atoms with Crippen LogP contribution in [0.1, 0.15) is 24.0 Å². The highest BCUT2D eigenvalue weighted by Crippen LogP contribution is 2.27. The van der Waals surface area contributed by atoms with Crippen LogP contribution in [0.25, 0.3) is 0 Å². The molecule has 0 aromatic heterocycles. The van der Waals surface area contributed by atoms with Crippen molar-refractivity contribution in [3.05, 3.63) is 63.6 Å². The van der Waals surface area contributed by atoms with Gasteiger partial charge in [-0.15, -0.1) is 0 Å². The Hall–Kier alpha value is -1.22. The first-order chi connectivity index (χ1) is 10.2. The number of benzene rings is 2. The van der Waals surface area contributed by atoms with E-state index < -0.39 is 0 Å². The van der Waals surface area contributed by atoms with Gasteiger partial charge in [-0.05, 0) is 48.2 Å². The zero-order valence-electron chi connectivity index (χ0n) is 11.6. The lowest BCUT2D eigenvalue weighted by molar-refractivity contribution is 0.306. The lowest BCUT2D eigenvalue weighted by Crippen LogP contribution is -2.15. The van der Waals surface area contributed by atoms with Crippen molar-refractivity contribution in [1.29, 1.82) is 0 Å². The van der Waals surface area contributed by atoms with Crippen LogP contribution in [0.15, 0.2) is 42.5 Å². The molecule has 0 aliphatic heterocycles. The normalized spacial score (nSPS) is 14.2. The van der Waals surface area contributed by atoms with Crippen molar-refractivity contribution in [1.82, 2.24) is 5.32 Å². The number of ether oxygens (including phenoxy) is 1. The second kappa shape index (κ2) is 6.69. The highest BCUT2D eigenvalue weighted by molar-refractivity contribution is 6.32. The standard InChI is InChI=1S/C17H17Cl2NO/c18-14-4-1-12(2-5-14)11-21-17-8-3-13(9-16(17)19)10-20-15-6-7-15/h1-5,8-9,15,20H,6-7,10-11H2. The summed E-state index contributed by atoms with van der Waals surface area (Å²) < 4.78 is 5.76. The highest BCUT2D eigenvalue weighted by atomic mass is 35.5. The zero-order chi connectivity index (χ0) is 14.7. The van der Waals surface area contributed by atoms with Gasteiger partial charge < -0.3 is 10.1 Å². The first-order valence-corrected chi connectivity index (χ1v) is 7.85. The third-order valence-electron chi connectivity index (χ3n) is 3.48. The molecule has 0 spiro atoms. The first kappa shape index (κ1) is 14.7. The molecule has 0 heterocycles. The van der Waals surface area contributed by atoms with E-state index in [1.54, 1.807) is 0 Å². The number of hydrogen-bond acceptors (Lipinski definition) is 2. The maximum atomic E-state index is 6.28. The molecule has 2 aromatic carbocycles. The maximum absolute atomic E-state index is 6.28. The Bertz CT molecular complexity index is 609. The van der Waals surface area contributed by atoms with E-state index in [9.17, 15) is 0 Å². The van der Waals surface area contributed by atoms with Crippen LogP contribution in [-0.4, -0.2) is 6.04 Å². The molecule has 1 N–H and O–H groups in total. The minimum atomic E-state index is 0.483. The first-order valence-electron chi connectivity index (χ1n) is 7.10. The van der Waals surface area contributed by atoms with Gasteiger partial charge in [0.1, 0.15) is 12.4 Å². The average Bonchev–Trinajstić information content (AvgIpc) is 3.30. The number of halogens is 2. The summed E-state index contributed by atoms with van der Waals surface area (Å²) in [6.45, 7) is 1.35. The molecule has 21 heavy (non-hydrogen) atoms. The molecule has 0 amide bonds. The summed E-state index contributed by atoms with van der Waals surface area (Å²) in [6.07, 6.45) is 2.58. The van der Waals surface area contributed by atoms with Crippen LogP contribution in [0.4, 0.5) is 0 Å². The molecule has 0 unspecified atom stereocenters. The quantitative estimate of drug-likeness (QED) is 0.823. The van der Waals surface area contributed by atoms with E-state index in [2.05, 4.69) is 11.4 Å². The Labute approximate surface area is 135 Å². The predicted octanol–water partition coefficient (Wildman–Crippen LogP) is 4.82. The lowest BCUT2D eigenvalue weighted by atomic mass is 10.2. The van der Waals surface area contributed by atoms with Crippen LogP contribution in [0, 0.1) is 0 Å². The summed E-state index contributed by atoms with van der Waals surface area (Å²) >= 11 is 12.1. The third-order valence-corrected chi connectivity index (χ3v) is 4.02. The molecule has 0 atom stereocenters. The molecule has 1 aliphatic carbocycles. The van der Waals surface area contributed by atoms with Crippen molar-refractivity contribution in [2.45, 2.75) is 32.0 Å². The Balaban J connectivity index is 1.58. The van der Waals surface area contributed by atoms with E-state index in [4.69, 9.17) is 27.9 Å². The van der Waals surface area contributed by atoms with E-state index in [-0.39, 0.29) is 0 Å². The second-order valence-corrected chi connectivity index (χ2v) is 6.18. The van der Waals surface area contributed by atoms with Gasteiger partial charge in [0.25, 0.3) is 0 Å². The molecule has 1 saturated carbocycles. The molecule has 4 heteroatoms. The maximum Gasteiger partial charge on any atom is 0.138 e. The van der Waals surface area contributed by atoms with Crippen LogP contribution in [0.3, 0.4) is 0 Å². The molecule has 0 saturated heterocycles. The molecule has 1 fully saturated rings. The van der Waals surface area contributed by atoms with E-state index in [0.29, 0.717) is 23.4 Å². The monoisotopic (exact) mass is 321 g/mol. The summed E-state index contributed by atoms with van der Waals surface area (Å²) in [5, 5.41) is 4.85. The van der Waals surface area contributed by atoms with Crippen molar-refractivity contribution < 1.29 is 4.74 Å². The number of hydrogen-bond donors (Lipinski definition) is 1. The summed E-state index contributed by atoms with van der Waals surface area (Å²) in [5.74, 6) is 0.710. The van der Waals surface area contributed by atoms with Gasteiger partial charge in [0.05, 0.1) is 5.02 Å². The molecule has 3 rings (SSSR count). The summed E-state index contributed by atoms with van der Waals surface area (Å²) in [6, 6.07) is 14.3. The SMILES string of the molecule is Clc1ccc(COc2ccc(CNC3CC3)cc2Cl)cc1. The van der Waals surface area contributed by atoms with Gasteiger partial charge in [-0.1, -0.05) is 41.4 Å². The van der Waals surface area contributed by atoms with Crippen molar-refractivity contribution >= 4 is 23.2 Å².